The van der Waals surface area contributed by atoms with Crippen molar-refractivity contribution in [3.05, 3.63) is 70.1 Å². The number of aryl methyl sites for hydroxylation is 2. The first-order valence-electron chi connectivity index (χ1n) is 8.11. The van der Waals surface area contributed by atoms with Gasteiger partial charge in [-0.05, 0) is 48.7 Å². The third kappa shape index (κ3) is 4.07. The number of fused-ring (bicyclic) bond motifs is 1. The highest BCUT2D eigenvalue weighted by molar-refractivity contribution is 5.92. The molecular weight excluding hydrogens is 318 g/mol. The van der Waals surface area contributed by atoms with Crippen molar-refractivity contribution < 1.29 is 13.9 Å². The molecule has 3 aromatic rings. The molecule has 0 aliphatic rings. The Morgan fingerprint density at radius 1 is 1.12 bits per heavy atom. The van der Waals surface area contributed by atoms with Crippen LogP contribution in [-0.2, 0) is 11.2 Å². The molecule has 0 atom stereocenters. The van der Waals surface area contributed by atoms with Gasteiger partial charge in [-0.2, -0.15) is 0 Å². The second kappa shape index (κ2) is 7.21. The second-order valence-corrected chi connectivity index (χ2v) is 5.79. The average molecular weight is 337 g/mol. The van der Waals surface area contributed by atoms with Crippen LogP contribution in [0.25, 0.3) is 11.0 Å². The van der Waals surface area contributed by atoms with E-state index in [1.165, 1.54) is 11.6 Å². The highest BCUT2D eigenvalue weighted by Gasteiger charge is 2.07. The highest BCUT2D eigenvalue weighted by atomic mass is 16.5. The third-order valence-electron chi connectivity index (χ3n) is 3.94. The number of benzene rings is 2. The maximum atomic E-state index is 12.0. The number of nitrogens with one attached hydrogen (secondary N) is 1. The molecule has 0 unspecified atom stereocenters. The number of hydrogen-bond acceptors (Lipinski definition) is 4. The largest absolute Gasteiger partial charge is 0.484 e. The Morgan fingerprint density at radius 2 is 1.88 bits per heavy atom. The summed E-state index contributed by atoms with van der Waals surface area (Å²) in [6.45, 7) is 3.79. The van der Waals surface area contributed by atoms with E-state index in [0.29, 0.717) is 11.3 Å². The summed E-state index contributed by atoms with van der Waals surface area (Å²) in [6.07, 6.45) is 0.953. The van der Waals surface area contributed by atoms with E-state index in [2.05, 4.69) is 12.2 Å². The van der Waals surface area contributed by atoms with Crippen LogP contribution in [0.5, 0.6) is 5.75 Å². The summed E-state index contributed by atoms with van der Waals surface area (Å²) in [7, 11) is 0. The second-order valence-electron chi connectivity index (χ2n) is 5.79. The van der Waals surface area contributed by atoms with E-state index in [9.17, 15) is 9.59 Å². The number of ether oxygens (including phenoxy) is 1. The van der Waals surface area contributed by atoms with Gasteiger partial charge in [0.25, 0.3) is 5.91 Å². The lowest BCUT2D eigenvalue weighted by Crippen LogP contribution is -2.20. The third-order valence-corrected chi connectivity index (χ3v) is 3.94. The van der Waals surface area contributed by atoms with Gasteiger partial charge in [0, 0.05) is 23.2 Å². The van der Waals surface area contributed by atoms with Crippen LogP contribution in [0.2, 0.25) is 0 Å². The van der Waals surface area contributed by atoms with Crippen LogP contribution in [0.3, 0.4) is 0 Å². The number of carbonyl (C=O) groups is 1. The van der Waals surface area contributed by atoms with Gasteiger partial charge in [-0.1, -0.05) is 19.1 Å². The van der Waals surface area contributed by atoms with Crippen molar-refractivity contribution in [2.75, 3.05) is 11.9 Å². The lowest BCUT2D eigenvalue weighted by molar-refractivity contribution is -0.118. The first-order valence-corrected chi connectivity index (χ1v) is 8.11. The first-order chi connectivity index (χ1) is 12.0. The average Bonchev–Trinajstić information content (AvgIpc) is 2.60. The first kappa shape index (κ1) is 16.8. The summed E-state index contributed by atoms with van der Waals surface area (Å²) in [5, 5.41) is 3.62. The zero-order valence-electron chi connectivity index (χ0n) is 14.2. The summed E-state index contributed by atoms with van der Waals surface area (Å²) >= 11 is 0. The van der Waals surface area contributed by atoms with E-state index in [0.717, 1.165) is 23.1 Å². The summed E-state index contributed by atoms with van der Waals surface area (Å²) < 4.78 is 10.7. The summed E-state index contributed by atoms with van der Waals surface area (Å²) in [6, 6.07) is 14.3. The van der Waals surface area contributed by atoms with E-state index in [1.807, 2.05) is 37.3 Å². The normalized spacial score (nSPS) is 10.6. The molecule has 2 aromatic carbocycles. The lowest BCUT2D eigenvalue weighted by atomic mass is 10.1. The van der Waals surface area contributed by atoms with Gasteiger partial charge < -0.3 is 14.5 Å². The van der Waals surface area contributed by atoms with Gasteiger partial charge in [-0.3, -0.25) is 4.79 Å². The van der Waals surface area contributed by atoms with Crippen LogP contribution in [0, 0.1) is 6.92 Å². The van der Waals surface area contributed by atoms with Crippen LogP contribution >= 0.6 is 0 Å². The van der Waals surface area contributed by atoms with E-state index >= 15 is 0 Å². The summed E-state index contributed by atoms with van der Waals surface area (Å²) in [4.78, 5) is 23.5. The molecule has 5 nitrogen and oxygen atoms in total. The minimum atomic E-state index is -0.407. The van der Waals surface area contributed by atoms with Crippen LogP contribution in [0.1, 0.15) is 18.1 Å². The van der Waals surface area contributed by atoms with Crippen molar-refractivity contribution >= 4 is 22.6 Å². The number of rotatable bonds is 5. The predicted octanol–water partition coefficient (Wildman–Crippen LogP) is 3.68. The molecule has 3 rings (SSSR count). The fourth-order valence-corrected chi connectivity index (χ4v) is 2.56. The van der Waals surface area contributed by atoms with Gasteiger partial charge in [-0.25, -0.2) is 4.79 Å². The number of amides is 1. The molecule has 0 aliphatic heterocycles. The molecule has 0 saturated carbocycles. The standard InChI is InChI=1S/C20H19NO4/c1-3-14-4-6-15(7-5-14)21-19(22)12-24-16-8-9-17-13(2)10-20(23)25-18(17)11-16/h4-11H,3,12H2,1-2H3,(H,21,22). The molecule has 0 spiro atoms. The Morgan fingerprint density at radius 3 is 2.60 bits per heavy atom. The lowest BCUT2D eigenvalue weighted by Gasteiger charge is -2.09. The molecule has 0 bridgehead atoms. The topological polar surface area (TPSA) is 68.5 Å². The number of hydrogen-bond donors (Lipinski definition) is 1. The van der Waals surface area contributed by atoms with Crippen molar-refractivity contribution in [3.8, 4) is 5.75 Å². The molecule has 1 heterocycles. The SMILES string of the molecule is CCc1ccc(NC(=O)COc2ccc3c(C)cc(=O)oc3c2)cc1. The quantitative estimate of drug-likeness (QED) is 0.721. The Kier molecular flexibility index (Phi) is 4.84. The van der Waals surface area contributed by atoms with Crippen molar-refractivity contribution in [2.24, 2.45) is 0 Å². The van der Waals surface area contributed by atoms with Crippen LogP contribution in [-0.4, -0.2) is 12.5 Å². The smallest absolute Gasteiger partial charge is 0.336 e. The maximum Gasteiger partial charge on any atom is 0.336 e. The van der Waals surface area contributed by atoms with Gasteiger partial charge in [0.1, 0.15) is 11.3 Å². The molecule has 1 aromatic heterocycles. The number of anilines is 1. The van der Waals surface area contributed by atoms with Gasteiger partial charge in [0.05, 0.1) is 0 Å². The molecule has 0 saturated heterocycles. The zero-order valence-corrected chi connectivity index (χ0v) is 14.2. The molecule has 0 radical (unpaired) electrons. The fourth-order valence-electron chi connectivity index (χ4n) is 2.56. The summed E-state index contributed by atoms with van der Waals surface area (Å²) in [5.41, 5.74) is 2.81. The number of carbonyl (C=O) groups excluding carboxylic acids is 1. The van der Waals surface area contributed by atoms with E-state index in [-0.39, 0.29) is 12.5 Å². The molecule has 1 N–H and O–H groups in total. The van der Waals surface area contributed by atoms with E-state index in [1.54, 1.807) is 12.1 Å². The molecular formula is C20H19NO4. The molecule has 1 amide bonds. The molecule has 0 aliphatic carbocycles. The van der Waals surface area contributed by atoms with Crippen molar-refractivity contribution in [3.63, 3.8) is 0 Å². The van der Waals surface area contributed by atoms with Gasteiger partial charge in [0.2, 0.25) is 0 Å². The van der Waals surface area contributed by atoms with Crippen molar-refractivity contribution in [2.45, 2.75) is 20.3 Å². The Bertz CT molecular complexity index is 958. The molecule has 128 valence electrons. The van der Waals surface area contributed by atoms with Crippen LogP contribution in [0.4, 0.5) is 5.69 Å². The maximum absolute atomic E-state index is 12.0. The Hall–Kier alpha value is -3.08. The molecule has 0 fully saturated rings. The van der Waals surface area contributed by atoms with Crippen LogP contribution < -0.4 is 15.7 Å². The monoisotopic (exact) mass is 337 g/mol. The Labute approximate surface area is 145 Å². The minimum absolute atomic E-state index is 0.128. The minimum Gasteiger partial charge on any atom is -0.484 e. The van der Waals surface area contributed by atoms with Gasteiger partial charge in [-0.15, -0.1) is 0 Å². The Balaban J connectivity index is 1.65. The van der Waals surface area contributed by atoms with E-state index in [4.69, 9.17) is 9.15 Å². The van der Waals surface area contributed by atoms with Crippen molar-refractivity contribution in [1.29, 1.82) is 0 Å². The van der Waals surface area contributed by atoms with Gasteiger partial charge >= 0.3 is 5.63 Å². The fraction of sp³-hybridized carbons (Fsp3) is 0.200. The summed E-state index contributed by atoms with van der Waals surface area (Å²) in [5.74, 6) is 0.216. The van der Waals surface area contributed by atoms with Gasteiger partial charge in [0.15, 0.2) is 6.61 Å². The predicted molar refractivity (Wildman–Crippen MR) is 97.2 cm³/mol. The molecule has 5 heteroatoms. The van der Waals surface area contributed by atoms with E-state index < -0.39 is 5.63 Å². The van der Waals surface area contributed by atoms with Crippen LogP contribution in [0.15, 0.2) is 57.7 Å². The molecule has 25 heavy (non-hydrogen) atoms. The highest BCUT2D eigenvalue weighted by Crippen LogP contribution is 2.22. The zero-order chi connectivity index (χ0) is 17.8. The van der Waals surface area contributed by atoms with Crippen molar-refractivity contribution in [1.82, 2.24) is 0 Å².